The van der Waals surface area contributed by atoms with Crippen molar-refractivity contribution in [2.45, 2.75) is 13.5 Å². The van der Waals surface area contributed by atoms with E-state index < -0.39 is 5.91 Å². The lowest BCUT2D eigenvalue weighted by molar-refractivity contribution is -0.119. The maximum Gasteiger partial charge on any atom is 0.258 e. The zero-order chi connectivity index (χ0) is 20.4. The molecule has 4 aromatic rings. The SMILES string of the molecule is CC(=O)NCc1ccc(-c2csc(NC(=O)c3cc(=O)[nH]c4ccccc34)n2)o1. The van der Waals surface area contributed by atoms with Gasteiger partial charge in [-0.3, -0.25) is 19.7 Å². The first kappa shape index (κ1) is 18.6. The number of fused-ring (bicyclic) bond motifs is 1. The number of thiazole rings is 1. The Bertz CT molecular complexity index is 1270. The number of furan rings is 1. The number of rotatable bonds is 5. The van der Waals surface area contributed by atoms with Crippen molar-refractivity contribution in [3.63, 3.8) is 0 Å². The van der Waals surface area contributed by atoms with Crippen molar-refractivity contribution in [3.05, 3.63) is 69.5 Å². The number of anilines is 1. The summed E-state index contributed by atoms with van der Waals surface area (Å²) in [5, 5.41) is 8.18. The normalized spacial score (nSPS) is 10.8. The molecular weight excluding hydrogens is 392 g/mol. The van der Waals surface area contributed by atoms with E-state index in [2.05, 4.69) is 20.6 Å². The van der Waals surface area contributed by atoms with E-state index >= 15 is 0 Å². The fourth-order valence-corrected chi connectivity index (χ4v) is 3.52. The topological polar surface area (TPSA) is 117 Å². The van der Waals surface area contributed by atoms with Crippen LogP contribution in [0.5, 0.6) is 0 Å². The first-order chi connectivity index (χ1) is 14.0. The molecule has 3 aromatic heterocycles. The number of aromatic nitrogens is 2. The van der Waals surface area contributed by atoms with Crippen LogP contribution < -0.4 is 16.2 Å². The summed E-state index contributed by atoms with van der Waals surface area (Å²) in [4.78, 5) is 42.7. The van der Waals surface area contributed by atoms with Crippen LogP contribution >= 0.6 is 11.3 Å². The largest absolute Gasteiger partial charge is 0.458 e. The van der Waals surface area contributed by atoms with Gasteiger partial charge in [-0.15, -0.1) is 11.3 Å². The Balaban J connectivity index is 1.53. The van der Waals surface area contributed by atoms with E-state index in [1.807, 2.05) is 0 Å². The molecular formula is C20H16N4O4S. The van der Waals surface area contributed by atoms with Crippen molar-refractivity contribution in [3.8, 4) is 11.5 Å². The predicted octanol–water partition coefficient (Wildman–Crippen LogP) is 3.13. The second-order valence-electron chi connectivity index (χ2n) is 6.26. The average molecular weight is 408 g/mol. The van der Waals surface area contributed by atoms with Gasteiger partial charge in [0.05, 0.1) is 12.1 Å². The fraction of sp³-hybridized carbons (Fsp3) is 0.100. The molecule has 29 heavy (non-hydrogen) atoms. The summed E-state index contributed by atoms with van der Waals surface area (Å²) in [7, 11) is 0. The van der Waals surface area contributed by atoms with E-state index in [0.717, 1.165) is 0 Å². The summed E-state index contributed by atoms with van der Waals surface area (Å²) in [5.74, 6) is 0.570. The molecule has 0 spiro atoms. The van der Waals surface area contributed by atoms with E-state index in [9.17, 15) is 14.4 Å². The number of carbonyl (C=O) groups excluding carboxylic acids is 2. The van der Waals surface area contributed by atoms with E-state index in [1.54, 1.807) is 41.8 Å². The average Bonchev–Trinajstić information content (AvgIpc) is 3.35. The lowest BCUT2D eigenvalue weighted by Gasteiger charge is -2.05. The Kier molecular flexibility index (Phi) is 4.96. The molecule has 0 saturated carbocycles. The number of amides is 2. The molecule has 2 amide bonds. The third kappa shape index (κ3) is 4.09. The Hall–Kier alpha value is -3.72. The zero-order valence-corrected chi connectivity index (χ0v) is 16.1. The van der Waals surface area contributed by atoms with E-state index in [4.69, 9.17) is 4.42 Å². The van der Waals surface area contributed by atoms with Crippen LogP contribution in [0.3, 0.4) is 0 Å². The number of H-pyrrole nitrogens is 1. The second-order valence-corrected chi connectivity index (χ2v) is 7.12. The van der Waals surface area contributed by atoms with Crippen LogP contribution in [0.25, 0.3) is 22.4 Å². The van der Waals surface area contributed by atoms with Crippen molar-refractivity contribution in [1.29, 1.82) is 0 Å². The third-order valence-electron chi connectivity index (χ3n) is 4.15. The summed E-state index contributed by atoms with van der Waals surface area (Å²) < 4.78 is 5.67. The monoisotopic (exact) mass is 408 g/mol. The van der Waals surface area contributed by atoms with Crippen LogP contribution in [-0.4, -0.2) is 21.8 Å². The van der Waals surface area contributed by atoms with Gasteiger partial charge in [-0.25, -0.2) is 4.98 Å². The highest BCUT2D eigenvalue weighted by atomic mass is 32.1. The molecule has 9 heteroatoms. The highest BCUT2D eigenvalue weighted by Crippen LogP contribution is 2.27. The first-order valence-electron chi connectivity index (χ1n) is 8.72. The van der Waals surface area contributed by atoms with Crippen LogP contribution in [0, 0.1) is 0 Å². The molecule has 0 aliphatic rings. The number of hydrogen-bond acceptors (Lipinski definition) is 6. The van der Waals surface area contributed by atoms with E-state index in [-0.39, 0.29) is 17.0 Å². The van der Waals surface area contributed by atoms with Crippen LogP contribution in [0.1, 0.15) is 23.0 Å². The Morgan fingerprint density at radius 3 is 2.86 bits per heavy atom. The van der Waals surface area contributed by atoms with Gasteiger partial charge >= 0.3 is 0 Å². The summed E-state index contributed by atoms with van der Waals surface area (Å²) >= 11 is 1.25. The zero-order valence-electron chi connectivity index (χ0n) is 15.3. The van der Waals surface area contributed by atoms with E-state index in [0.29, 0.717) is 39.8 Å². The molecule has 0 aliphatic carbocycles. The minimum atomic E-state index is -0.418. The maximum absolute atomic E-state index is 12.7. The molecule has 0 radical (unpaired) electrons. The van der Waals surface area contributed by atoms with Gasteiger partial charge in [-0.1, -0.05) is 18.2 Å². The summed E-state index contributed by atoms with van der Waals surface area (Å²) in [6.45, 7) is 1.72. The quantitative estimate of drug-likeness (QED) is 0.469. The fourth-order valence-electron chi connectivity index (χ4n) is 2.82. The van der Waals surface area contributed by atoms with Crippen molar-refractivity contribution in [2.24, 2.45) is 0 Å². The van der Waals surface area contributed by atoms with Gasteiger partial charge in [0, 0.05) is 29.3 Å². The van der Waals surface area contributed by atoms with Crippen molar-refractivity contribution < 1.29 is 14.0 Å². The number of pyridine rings is 1. The Labute approximate surface area is 168 Å². The molecule has 146 valence electrons. The number of hydrogen-bond donors (Lipinski definition) is 3. The highest BCUT2D eigenvalue weighted by Gasteiger charge is 2.15. The lowest BCUT2D eigenvalue weighted by atomic mass is 10.1. The molecule has 1 aromatic carbocycles. The number of nitrogens with zero attached hydrogens (tertiary/aromatic N) is 1. The molecule has 3 N–H and O–H groups in total. The standard InChI is InChI=1S/C20H16N4O4S/c1-11(25)21-9-12-6-7-17(28-12)16-10-29-20(23-16)24-19(27)14-8-18(26)22-15-5-3-2-4-13(14)15/h2-8,10H,9H2,1H3,(H,21,25)(H,22,26)(H,23,24,27). The molecule has 3 heterocycles. The summed E-state index contributed by atoms with van der Waals surface area (Å²) in [6.07, 6.45) is 0. The van der Waals surface area contributed by atoms with Crippen LogP contribution in [0.2, 0.25) is 0 Å². The second kappa shape index (κ2) is 7.72. The maximum atomic E-state index is 12.7. The van der Waals surface area contributed by atoms with Crippen LogP contribution in [0.4, 0.5) is 5.13 Å². The van der Waals surface area contributed by atoms with Gasteiger partial charge in [0.2, 0.25) is 11.5 Å². The molecule has 0 bridgehead atoms. The van der Waals surface area contributed by atoms with Gasteiger partial charge in [0.25, 0.3) is 5.91 Å². The highest BCUT2D eigenvalue weighted by molar-refractivity contribution is 7.14. The number of benzene rings is 1. The summed E-state index contributed by atoms with van der Waals surface area (Å²) in [6, 6.07) is 11.9. The minimum Gasteiger partial charge on any atom is -0.458 e. The van der Waals surface area contributed by atoms with Gasteiger partial charge in [0.15, 0.2) is 10.9 Å². The van der Waals surface area contributed by atoms with Gasteiger partial charge < -0.3 is 14.7 Å². The smallest absolute Gasteiger partial charge is 0.258 e. The van der Waals surface area contributed by atoms with Crippen LogP contribution in [-0.2, 0) is 11.3 Å². The summed E-state index contributed by atoms with van der Waals surface area (Å²) in [5.41, 5.74) is 1.08. The third-order valence-corrected chi connectivity index (χ3v) is 4.90. The Morgan fingerprint density at radius 2 is 2.03 bits per heavy atom. The van der Waals surface area contributed by atoms with Crippen molar-refractivity contribution in [2.75, 3.05) is 5.32 Å². The molecule has 8 nitrogen and oxygen atoms in total. The number of aromatic amines is 1. The molecule has 0 unspecified atom stereocenters. The first-order valence-corrected chi connectivity index (χ1v) is 9.60. The molecule has 0 atom stereocenters. The molecule has 4 rings (SSSR count). The molecule has 0 aliphatic heterocycles. The number of nitrogens with one attached hydrogen (secondary N) is 3. The van der Waals surface area contributed by atoms with Gasteiger partial charge in [0.1, 0.15) is 11.5 Å². The van der Waals surface area contributed by atoms with Gasteiger partial charge in [-0.05, 0) is 18.2 Å². The van der Waals surface area contributed by atoms with Crippen LogP contribution in [0.15, 0.2) is 57.1 Å². The van der Waals surface area contributed by atoms with Gasteiger partial charge in [-0.2, -0.15) is 0 Å². The molecule has 0 saturated heterocycles. The minimum absolute atomic E-state index is 0.145. The lowest BCUT2D eigenvalue weighted by Crippen LogP contribution is -2.18. The van der Waals surface area contributed by atoms with Crippen molar-refractivity contribution >= 4 is 39.2 Å². The van der Waals surface area contributed by atoms with E-state index in [1.165, 1.54) is 24.3 Å². The Morgan fingerprint density at radius 1 is 1.21 bits per heavy atom. The number of carbonyl (C=O) groups is 2. The molecule has 0 fully saturated rings. The predicted molar refractivity (Wildman–Crippen MR) is 110 cm³/mol. The van der Waals surface area contributed by atoms with Crippen molar-refractivity contribution in [1.82, 2.24) is 15.3 Å². The number of para-hydroxylation sites is 1.